The summed E-state index contributed by atoms with van der Waals surface area (Å²) in [7, 11) is 0. The molecule has 116 valence electrons. The zero-order valence-corrected chi connectivity index (χ0v) is 13.8. The second kappa shape index (κ2) is 16.0. The van der Waals surface area contributed by atoms with E-state index in [1.54, 1.807) is 13.0 Å². The third-order valence-electron chi connectivity index (χ3n) is 2.25. The van der Waals surface area contributed by atoms with Crippen molar-refractivity contribution in [1.82, 2.24) is 0 Å². The number of rotatable bonds is 4. The van der Waals surface area contributed by atoms with Gasteiger partial charge in [-0.15, -0.1) is 0 Å². The molecule has 21 heavy (non-hydrogen) atoms. The van der Waals surface area contributed by atoms with Crippen LogP contribution in [0.2, 0.25) is 0 Å². The highest BCUT2D eigenvalue weighted by Crippen LogP contribution is 2.08. The van der Waals surface area contributed by atoms with Gasteiger partial charge in [0, 0.05) is 6.42 Å². The molecule has 0 aliphatic heterocycles. The van der Waals surface area contributed by atoms with Gasteiger partial charge in [0.1, 0.15) is 6.61 Å². The molecule has 1 rings (SSSR count). The van der Waals surface area contributed by atoms with E-state index in [9.17, 15) is 4.79 Å². The van der Waals surface area contributed by atoms with E-state index in [-0.39, 0.29) is 5.97 Å². The lowest BCUT2D eigenvalue weighted by atomic mass is 10.1. The number of carbonyl (C=O) groups is 1. The summed E-state index contributed by atoms with van der Waals surface area (Å²) >= 11 is 0. The van der Waals surface area contributed by atoms with Crippen LogP contribution in [0.25, 0.3) is 5.57 Å². The maximum absolute atomic E-state index is 10.3. The lowest BCUT2D eigenvalue weighted by Crippen LogP contribution is -2.00. The van der Waals surface area contributed by atoms with Gasteiger partial charge in [0.25, 0.3) is 0 Å². The summed E-state index contributed by atoms with van der Waals surface area (Å²) in [6, 6.07) is 10.2. The molecule has 0 saturated carbocycles. The van der Waals surface area contributed by atoms with E-state index in [4.69, 9.17) is 0 Å². The van der Waals surface area contributed by atoms with Crippen LogP contribution in [0.15, 0.2) is 61.7 Å². The fraction of sp³-hybridized carbons (Fsp3) is 0.316. The van der Waals surface area contributed by atoms with Gasteiger partial charge in [-0.05, 0) is 26.3 Å². The van der Waals surface area contributed by atoms with Crippen molar-refractivity contribution in [2.75, 3.05) is 6.61 Å². The first-order chi connectivity index (χ1) is 10.0. The maximum atomic E-state index is 10.3. The number of ether oxygens (including phenoxy) is 1. The first-order valence-corrected chi connectivity index (χ1v) is 7.08. The monoisotopic (exact) mass is 288 g/mol. The molecule has 0 spiro atoms. The van der Waals surface area contributed by atoms with Gasteiger partial charge in [0.05, 0.1) is 0 Å². The summed E-state index contributed by atoms with van der Waals surface area (Å²) in [5, 5.41) is 0. The third kappa shape index (κ3) is 15.9. The second-order valence-electron chi connectivity index (χ2n) is 4.14. The topological polar surface area (TPSA) is 26.3 Å². The zero-order chi connectivity index (χ0) is 16.5. The standard InChI is InChI=1S/C9H10.C6H10O2.C4H8/c1-8(2)9-6-4-3-5-7-9;1-3-5-8-6(7)4-2;1-3-4-2/h3-7H,1H2,2H3;3H,1,4-5H2,2H3;3-4H,1-2H3. The summed E-state index contributed by atoms with van der Waals surface area (Å²) < 4.78 is 4.58. The van der Waals surface area contributed by atoms with Crippen molar-refractivity contribution in [2.45, 2.75) is 34.1 Å². The lowest BCUT2D eigenvalue weighted by Gasteiger charge is -1.94. The number of carbonyl (C=O) groups excluding carboxylic acids is 1. The fourth-order valence-electron chi connectivity index (χ4n) is 0.977. The Bertz CT molecular complexity index is 412. The Morgan fingerprint density at radius 1 is 1.19 bits per heavy atom. The molecule has 0 fully saturated rings. The Balaban J connectivity index is 0. The highest BCUT2D eigenvalue weighted by atomic mass is 16.5. The summed E-state index contributed by atoms with van der Waals surface area (Å²) in [4.78, 5) is 10.3. The van der Waals surface area contributed by atoms with E-state index in [1.165, 1.54) is 5.56 Å². The molecule has 1 aromatic carbocycles. The van der Waals surface area contributed by atoms with Crippen LogP contribution in [-0.2, 0) is 9.53 Å². The van der Waals surface area contributed by atoms with E-state index in [1.807, 2.05) is 51.1 Å². The molecule has 0 unspecified atom stereocenters. The summed E-state index contributed by atoms with van der Waals surface area (Å²) in [5.74, 6) is -0.176. The summed E-state index contributed by atoms with van der Waals surface area (Å²) in [6.45, 7) is 15.3. The van der Waals surface area contributed by atoms with Gasteiger partial charge >= 0.3 is 5.97 Å². The van der Waals surface area contributed by atoms with Crippen LogP contribution in [0.5, 0.6) is 0 Å². The van der Waals surface area contributed by atoms with Crippen molar-refractivity contribution in [2.24, 2.45) is 0 Å². The largest absolute Gasteiger partial charge is 0.461 e. The molecule has 0 aliphatic carbocycles. The molecule has 0 bridgehead atoms. The van der Waals surface area contributed by atoms with Gasteiger partial charge in [-0.3, -0.25) is 4.79 Å². The Labute approximate surface area is 129 Å². The summed E-state index contributed by atoms with van der Waals surface area (Å²) in [5.41, 5.74) is 2.34. The van der Waals surface area contributed by atoms with Crippen LogP contribution < -0.4 is 0 Å². The van der Waals surface area contributed by atoms with Crippen molar-refractivity contribution >= 4 is 11.5 Å². The Morgan fingerprint density at radius 3 is 2.00 bits per heavy atom. The van der Waals surface area contributed by atoms with Crippen molar-refractivity contribution in [3.8, 4) is 0 Å². The smallest absolute Gasteiger partial charge is 0.305 e. The van der Waals surface area contributed by atoms with Crippen LogP contribution in [-0.4, -0.2) is 12.6 Å². The molecule has 2 heteroatoms. The van der Waals surface area contributed by atoms with Crippen LogP contribution in [0.4, 0.5) is 0 Å². The van der Waals surface area contributed by atoms with Gasteiger partial charge in [-0.1, -0.05) is 74.2 Å². The molecule has 0 saturated heterocycles. The third-order valence-corrected chi connectivity index (χ3v) is 2.25. The predicted octanol–water partition coefficient (Wildman–Crippen LogP) is 5.43. The molecule has 0 amide bonds. The molecule has 0 aromatic heterocycles. The number of hydrogen-bond donors (Lipinski definition) is 0. The van der Waals surface area contributed by atoms with Crippen molar-refractivity contribution < 1.29 is 9.53 Å². The normalized spacial score (nSPS) is 8.76. The molecule has 0 atom stereocenters. The van der Waals surface area contributed by atoms with Crippen molar-refractivity contribution in [1.29, 1.82) is 0 Å². The molecule has 0 heterocycles. The number of allylic oxidation sites excluding steroid dienone is 3. The average Bonchev–Trinajstić information content (AvgIpc) is 2.54. The quantitative estimate of drug-likeness (QED) is 0.545. The van der Waals surface area contributed by atoms with Crippen LogP contribution in [0.3, 0.4) is 0 Å². The van der Waals surface area contributed by atoms with Gasteiger partial charge in [-0.2, -0.15) is 0 Å². The Kier molecular flexibility index (Phi) is 16.1. The first kappa shape index (κ1) is 21.2. The SMILES string of the molecule is C=C(C)c1ccccc1.C=CCOC(=O)CC.CC=CC. The van der Waals surface area contributed by atoms with Gasteiger partial charge in [0.15, 0.2) is 0 Å². The van der Waals surface area contributed by atoms with Crippen LogP contribution >= 0.6 is 0 Å². The minimum absolute atomic E-state index is 0.176. The molecule has 1 aromatic rings. The van der Waals surface area contributed by atoms with E-state index >= 15 is 0 Å². The zero-order valence-electron chi connectivity index (χ0n) is 13.8. The summed E-state index contributed by atoms with van der Waals surface area (Å²) in [6.07, 6.45) is 5.99. The van der Waals surface area contributed by atoms with Gasteiger partial charge in [-0.25, -0.2) is 0 Å². The van der Waals surface area contributed by atoms with E-state index in [2.05, 4.69) is 30.0 Å². The highest BCUT2D eigenvalue weighted by molar-refractivity contribution is 5.68. The first-order valence-electron chi connectivity index (χ1n) is 7.08. The Hall–Kier alpha value is -2.09. The molecule has 0 radical (unpaired) electrons. The highest BCUT2D eigenvalue weighted by Gasteiger charge is 1.92. The number of benzene rings is 1. The minimum atomic E-state index is -0.176. The average molecular weight is 288 g/mol. The molecule has 0 N–H and O–H groups in total. The fourth-order valence-corrected chi connectivity index (χ4v) is 0.977. The van der Waals surface area contributed by atoms with E-state index in [0.717, 1.165) is 5.57 Å². The number of esters is 1. The van der Waals surface area contributed by atoms with Crippen LogP contribution in [0.1, 0.15) is 39.7 Å². The van der Waals surface area contributed by atoms with E-state index in [0.29, 0.717) is 13.0 Å². The molecule has 0 aliphatic rings. The minimum Gasteiger partial charge on any atom is -0.461 e. The Morgan fingerprint density at radius 2 is 1.71 bits per heavy atom. The van der Waals surface area contributed by atoms with Gasteiger partial charge in [0.2, 0.25) is 0 Å². The predicted molar refractivity (Wildman–Crippen MR) is 93.1 cm³/mol. The van der Waals surface area contributed by atoms with Crippen LogP contribution in [0, 0.1) is 0 Å². The van der Waals surface area contributed by atoms with Crippen molar-refractivity contribution in [3.05, 3.63) is 67.3 Å². The molecular weight excluding hydrogens is 260 g/mol. The maximum Gasteiger partial charge on any atom is 0.305 e. The lowest BCUT2D eigenvalue weighted by molar-refractivity contribution is -0.141. The molecule has 2 nitrogen and oxygen atoms in total. The van der Waals surface area contributed by atoms with Crippen molar-refractivity contribution in [3.63, 3.8) is 0 Å². The van der Waals surface area contributed by atoms with E-state index < -0.39 is 0 Å². The number of hydrogen-bond acceptors (Lipinski definition) is 2. The molecular formula is C19H28O2. The van der Waals surface area contributed by atoms with Gasteiger partial charge < -0.3 is 4.74 Å². The second-order valence-corrected chi connectivity index (χ2v) is 4.14.